The van der Waals surface area contributed by atoms with E-state index in [0.717, 1.165) is 35.1 Å². The van der Waals surface area contributed by atoms with Crippen LogP contribution in [0, 0.1) is 0 Å². The van der Waals surface area contributed by atoms with Crippen LogP contribution < -0.4 is 26.4 Å². The molecule has 146 valence electrons. The summed E-state index contributed by atoms with van der Waals surface area (Å²) in [6.07, 6.45) is 6.96. The second-order valence-electron chi connectivity index (χ2n) is 5.22. The largest absolute Gasteiger partial charge is 0.449 e. The Labute approximate surface area is 161 Å². The molecule has 5 N–H and O–H groups in total. The summed E-state index contributed by atoms with van der Waals surface area (Å²) in [6, 6.07) is 5.54. The first-order valence-corrected chi connectivity index (χ1v) is 9.81. The van der Waals surface area contributed by atoms with Gasteiger partial charge in [0.1, 0.15) is 0 Å². The SMILES string of the molecule is C/C=C(/Oc1ccc(NC(=O)NC(CC)CC)cc1NC)SC.C=CN. The Hall–Kier alpha value is -2.28. The zero-order chi connectivity index (χ0) is 19.9. The zero-order valence-corrected chi connectivity index (χ0v) is 17.2. The quantitative estimate of drug-likeness (QED) is 0.490. The van der Waals surface area contributed by atoms with Crippen LogP contribution >= 0.6 is 11.8 Å². The van der Waals surface area contributed by atoms with E-state index in [-0.39, 0.29) is 12.1 Å². The summed E-state index contributed by atoms with van der Waals surface area (Å²) in [5, 5.41) is 9.73. The van der Waals surface area contributed by atoms with Gasteiger partial charge in [0.2, 0.25) is 0 Å². The molecule has 26 heavy (non-hydrogen) atoms. The molecule has 0 atom stereocenters. The van der Waals surface area contributed by atoms with Gasteiger partial charge < -0.3 is 26.4 Å². The third-order valence-corrected chi connectivity index (χ3v) is 4.20. The Bertz CT molecular complexity index is 587. The fourth-order valence-electron chi connectivity index (χ4n) is 2.06. The average Bonchev–Trinajstić information content (AvgIpc) is 2.65. The highest BCUT2D eigenvalue weighted by Crippen LogP contribution is 2.31. The molecule has 0 aliphatic heterocycles. The van der Waals surface area contributed by atoms with Crippen molar-refractivity contribution < 1.29 is 9.53 Å². The number of hydrogen-bond acceptors (Lipinski definition) is 5. The van der Waals surface area contributed by atoms with Gasteiger partial charge in [-0.25, -0.2) is 4.79 Å². The highest BCUT2D eigenvalue weighted by Gasteiger charge is 2.10. The summed E-state index contributed by atoms with van der Waals surface area (Å²) in [5.41, 5.74) is 6.15. The lowest BCUT2D eigenvalue weighted by atomic mass is 10.2. The maximum absolute atomic E-state index is 12.0. The summed E-state index contributed by atoms with van der Waals surface area (Å²) in [7, 11) is 1.82. The molecule has 1 rings (SSSR count). The number of anilines is 2. The molecule has 0 saturated carbocycles. The van der Waals surface area contributed by atoms with Crippen LogP contribution in [0.1, 0.15) is 33.6 Å². The number of rotatable bonds is 8. The molecule has 0 aliphatic rings. The Morgan fingerprint density at radius 2 is 2.00 bits per heavy atom. The highest BCUT2D eigenvalue weighted by molar-refractivity contribution is 8.02. The molecule has 2 amide bonds. The van der Waals surface area contributed by atoms with E-state index in [1.807, 2.05) is 44.5 Å². The summed E-state index contributed by atoms with van der Waals surface area (Å²) >= 11 is 1.54. The average molecular weight is 381 g/mol. The third-order valence-electron chi connectivity index (χ3n) is 3.48. The van der Waals surface area contributed by atoms with Gasteiger partial charge in [-0.3, -0.25) is 0 Å². The van der Waals surface area contributed by atoms with E-state index in [1.54, 1.807) is 11.8 Å². The highest BCUT2D eigenvalue weighted by atomic mass is 32.2. The second-order valence-corrected chi connectivity index (χ2v) is 6.03. The summed E-state index contributed by atoms with van der Waals surface area (Å²) < 4.78 is 5.83. The van der Waals surface area contributed by atoms with E-state index in [9.17, 15) is 4.79 Å². The van der Waals surface area contributed by atoms with Crippen molar-refractivity contribution in [2.24, 2.45) is 5.73 Å². The van der Waals surface area contributed by atoms with E-state index in [1.165, 1.54) is 6.20 Å². The van der Waals surface area contributed by atoms with Crippen molar-refractivity contribution in [1.29, 1.82) is 0 Å². The molecule has 0 saturated heterocycles. The minimum Gasteiger partial charge on any atom is -0.449 e. The number of urea groups is 1. The fraction of sp³-hybridized carbons (Fsp3) is 0.421. The van der Waals surface area contributed by atoms with Gasteiger partial charge in [-0.05, 0) is 56.5 Å². The van der Waals surface area contributed by atoms with Gasteiger partial charge in [0.25, 0.3) is 0 Å². The smallest absolute Gasteiger partial charge is 0.319 e. The molecule has 0 aromatic heterocycles. The molecule has 6 nitrogen and oxygen atoms in total. The molecule has 0 bridgehead atoms. The van der Waals surface area contributed by atoms with Crippen LogP contribution in [0.5, 0.6) is 5.75 Å². The number of carbonyl (C=O) groups excluding carboxylic acids is 1. The van der Waals surface area contributed by atoms with Gasteiger partial charge in [-0.1, -0.05) is 32.2 Å². The molecule has 0 radical (unpaired) electrons. The lowest BCUT2D eigenvalue weighted by Crippen LogP contribution is -2.37. The Balaban J connectivity index is 0.00000194. The maximum atomic E-state index is 12.0. The van der Waals surface area contributed by atoms with Crippen molar-refractivity contribution in [3.63, 3.8) is 0 Å². The van der Waals surface area contributed by atoms with Gasteiger partial charge in [0.05, 0.1) is 5.69 Å². The number of nitrogens with one attached hydrogen (secondary N) is 3. The molecular weight excluding hydrogens is 348 g/mol. The van der Waals surface area contributed by atoms with Crippen molar-refractivity contribution in [3.8, 4) is 5.75 Å². The van der Waals surface area contributed by atoms with Gasteiger partial charge >= 0.3 is 6.03 Å². The topological polar surface area (TPSA) is 88.4 Å². The molecule has 0 aliphatic carbocycles. The molecule has 0 heterocycles. The summed E-state index contributed by atoms with van der Waals surface area (Å²) in [4.78, 5) is 12.0. The molecule has 1 aromatic carbocycles. The predicted octanol–water partition coefficient (Wildman–Crippen LogP) is 4.73. The van der Waals surface area contributed by atoms with Crippen LogP contribution in [0.3, 0.4) is 0 Å². The monoisotopic (exact) mass is 380 g/mol. The van der Waals surface area contributed by atoms with Gasteiger partial charge in [-0.15, -0.1) is 0 Å². The predicted molar refractivity (Wildman–Crippen MR) is 115 cm³/mol. The molecule has 7 heteroatoms. The van der Waals surface area contributed by atoms with Crippen LogP contribution in [0.2, 0.25) is 0 Å². The van der Waals surface area contributed by atoms with Gasteiger partial charge in [-0.2, -0.15) is 0 Å². The second kappa shape index (κ2) is 13.9. The van der Waals surface area contributed by atoms with E-state index in [0.29, 0.717) is 0 Å². The Kier molecular flexibility index (Phi) is 12.7. The number of amides is 2. The first-order valence-electron chi connectivity index (χ1n) is 8.59. The lowest BCUT2D eigenvalue weighted by molar-refractivity contribution is 0.247. The van der Waals surface area contributed by atoms with Crippen molar-refractivity contribution in [2.45, 2.75) is 39.7 Å². The van der Waals surface area contributed by atoms with Crippen molar-refractivity contribution in [3.05, 3.63) is 42.1 Å². The number of allylic oxidation sites excluding steroid dienone is 1. The van der Waals surface area contributed by atoms with Gasteiger partial charge in [0, 0.05) is 18.8 Å². The summed E-state index contributed by atoms with van der Waals surface area (Å²) in [6.45, 7) is 9.19. The molecule has 0 fully saturated rings. The summed E-state index contributed by atoms with van der Waals surface area (Å²) in [5.74, 6) is 0.723. The molecule has 0 spiro atoms. The Morgan fingerprint density at radius 3 is 2.46 bits per heavy atom. The molecule has 0 unspecified atom stereocenters. The van der Waals surface area contributed by atoms with E-state index in [4.69, 9.17) is 4.74 Å². The number of benzene rings is 1. The van der Waals surface area contributed by atoms with Crippen LogP contribution in [-0.4, -0.2) is 25.4 Å². The van der Waals surface area contributed by atoms with Gasteiger partial charge in [0.15, 0.2) is 10.8 Å². The van der Waals surface area contributed by atoms with Crippen LogP contribution in [0.15, 0.2) is 42.1 Å². The number of hydrogen-bond donors (Lipinski definition) is 4. The standard InChI is InChI=1S/C17H27N3O2S.C2H5N/c1-6-12(7-2)19-17(21)20-13-9-10-15(14(11-13)18-4)22-16(8-3)23-5;1-2-3/h8-12,18H,6-7H2,1-5H3,(H2,19,20,21);2H,1,3H2/b16-8-;. The van der Waals surface area contributed by atoms with E-state index < -0.39 is 0 Å². The van der Waals surface area contributed by atoms with Crippen LogP contribution in [0.4, 0.5) is 16.2 Å². The molecular formula is C19H32N4O2S. The third kappa shape index (κ3) is 8.71. The maximum Gasteiger partial charge on any atom is 0.319 e. The number of ether oxygens (including phenoxy) is 1. The lowest BCUT2D eigenvalue weighted by Gasteiger charge is -2.17. The number of thioether (sulfide) groups is 1. The van der Waals surface area contributed by atoms with Crippen LogP contribution in [-0.2, 0) is 0 Å². The van der Waals surface area contributed by atoms with E-state index in [2.05, 4.69) is 42.1 Å². The fourth-order valence-corrected chi connectivity index (χ4v) is 2.47. The van der Waals surface area contributed by atoms with Crippen molar-refractivity contribution >= 4 is 29.2 Å². The zero-order valence-electron chi connectivity index (χ0n) is 16.4. The number of carbonyl (C=O) groups is 1. The van der Waals surface area contributed by atoms with Crippen LogP contribution in [0.25, 0.3) is 0 Å². The van der Waals surface area contributed by atoms with E-state index >= 15 is 0 Å². The minimum atomic E-state index is -0.187. The van der Waals surface area contributed by atoms with Crippen molar-refractivity contribution in [1.82, 2.24) is 5.32 Å². The molecule has 1 aromatic rings. The number of nitrogens with two attached hydrogens (primary N) is 1. The first-order chi connectivity index (χ1) is 12.5. The minimum absolute atomic E-state index is 0.187. The normalized spacial score (nSPS) is 10.5. The van der Waals surface area contributed by atoms with Crippen molar-refractivity contribution in [2.75, 3.05) is 23.9 Å². The first kappa shape index (κ1) is 23.7. The Morgan fingerprint density at radius 1 is 1.38 bits per heavy atom.